The summed E-state index contributed by atoms with van der Waals surface area (Å²) in [6.45, 7) is 3.57. The molecule has 0 saturated heterocycles. The van der Waals surface area contributed by atoms with Crippen molar-refractivity contribution in [2.45, 2.75) is 37.1 Å². The maximum Gasteiger partial charge on any atom is 0.335 e. The number of aromatic nitrogens is 2. The van der Waals surface area contributed by atoms with Crippen LogP contribution in [0.2, 0.25) is 0 Å². The van der Waals surface area contributed by atoms with Crippen molar-refractivity contribution in [2.24, 2.45) is 5.92 Å². The Balaban J connectivity index is 1.47. The SMILES string of the molecule is Cc1cc(C)nc(NS(=O)(=O)c2ccc3c(c2)C2C=CCC2C(c2ccc(C(=O)O)cc2)N3)n1. The van der Waals surface area contributed by atoms with Crippen molar-refractivity contribution in [1.29, 1.82) is 0 Å². The molecule has 34 heavy (non-hydrogen) atoms. The van der Waals surface area contributed by atoms with Gasteiger partial charge < -0.3 is 10.4 Å². The fourth-order valence-electron chi connectivity index (χ4n) is 4.85. The molecule has 1 aliphatic carbocycles. The van der Waals surface area contributed by atoms with E-state index >= 15 is 0 Å². The summed E-state index contributed by atoms with van der Waals surface area (Å²) >= 11 is 0. The molecule has 0 spiro atoms. The van der Waals surface area contributed by atoms with Gasteiger partial charge in [-0.2, -0.15) is 0 Å². The standard InChI is InChI=1S/C25H24N4O4S/c1-14-12-15(2)27-25(26-14)29-34(32,33)18-10-11-22-21(13-18)19-4-3-5-20(19)23(28-22)16-6-8-17(9-7-16)24(30)31/h3-4,6-13,19-20,23,28H,5H2,1-2H3,(H,30,31)(H,26,27,29). The summed E-state index contributed by atoms with van der Waals surface area (Å²) in [5, 5.41) is 12.7. The van der Waals surface area contributed by atoms with Gasteiger partial charge in [-0.1, -0.05) is 24.3 Å². The van der Waals surface area contributed by atoms with E-state index in [4.69, 9.17) is 0 Å². The van der Waals surface area contributed by atoms with Crippen molar-refractivity contribution in [2.75, 3.05) is 10.0 Å². The van der Waals surface area contributed by atoms with Crippen molar-refractivity contribution in [1.82, 2.24) is 9.97 Å². The predicted octanol–water partition coefficient (Wildman–Crippen LogP) is 4.42. The van der Waals surface area contributed by atoms with Gasteiger partial charge in [0.1, 0.15) is 0 Å². The first-order valence-electron chi connectivity index (χ1n) is 11.0. The largest absolute Gasteiger partial charge is 0.478 e. The Morgan fingerprint density at radius 2 is 1.76 bits per heavy atom. The summed E-state index contributed by atoms with van der Waals surface area (Å²) in [4.78, 5) is 19.7. The Hall–Kier alpha value is -3.72. The highest BCUT2D eigenvalue weighted by Gasteiger charge is 2.38. The van der Waals surface area contributed by atoms with E-state index in [1.54, 1.807) is 50.2 Å². The van der Waals surface area contributed by atoms with Crippen LogP contribution in [0.3, 0.4) is 0 Å². The van der Waals surface area contributed by atoms with E-state index in [1.807, 2.05) is 12.1 Å². The number of carboxylic acid groups (broad SMARTS) is 1. The molecule has 8 nitrogen and oxygen atoms in total. The van der Waals surface area contributed by atoms with Gasteiger partial charge in [-0.05, 0) is 73.7 Å². The molecule has 0 bridgehead atoms. The molecule has 0 radical (unpaired) electrons. The van der Waals surface area contributed by atoms with Crippen LogP contribution >= 0.6 is 0 Å². The minimum Gasteiger partial charge on any atom is -0.478 e. The van der Waals surface area contributed by atoms with Gasteiger partial charge in [0, 0.05) is 23.0 Å². The van der Waals surface area contributed by atoms with Crippen LogP contribution in [0.4, 0.5) is 11.6 Å². The molecule has 3 atom stereocenters. The van der Waals surface area contributed by atoms with E-state index in [2.05, 4.69) is 32.2 Å². The van der Waals surface area contributed by atoms with Gasteiger partial charge in [-0.25, -0.2) is 27.9 Å². The first-order chi connectivity index (χ1) is 16.2. The lowest BCUT2D eigenvalue weighted by atomic mass is 9.77. The van der Waals surface area contributed by atoms with E-state index in [1.165, 1.54) is 0 Å². The van der Waals surface area contributed by atoms with Crippen LogP contribution in [0.5, 0.6) is 0 Å². The average Bonchev–Trinajstić information content (AvgIpc) is 3.27. The van der Waals surface area contributed by atoms with Crippen LogP contribution in [0.15, 0.2) is 65.6 Å². The number of carboxylic acids is 1. The predicted molar refractivity (Wildman–Crippen MR) is 129 cm³/mol. The maximum absolute atomic E-state index is 13.1. The molecule has 174 valence electrons. The zero-order chi connectivity index (χ0) is 24.0. The lowest BCUT2D eigenvalue weighted by Gasteiger charge is -2.37. The second-order valence-electron chi connectivity index (χ2n) is 8.73. The van der Waals surface area contributed by atoms with Gasteiger partial charge in [0.2, 0.25) is 5.95 Å². The van der Waals surface area contributed by atoms with Gasteiger partial charge in [0.15, 0.2) is 0 Å². The number of sulfonamides is 1. The molecule has 0 amide bonds. The average molecular weight is 477 g/mol. The van der Waals surface area contributed by atoms with Gasteiger partial charge in [0.05, 0.1) is 16.5 Å². The van der Waals surface area contributed by atoms with Crippen molar-refractivity contribution in [3.63, 3.8) is 0 Å². The van der Waals surface area contributed by atoms with Crippen molar-refractivity contribution < 1.29 is 18.3 Å². The number of hydrogen-bond donors (Lipinski definition) is 3. The second kappa shape index (κ2) is 8.25. The van der Waals surface area contributed by atoms with E-state index in [0.717, 1.165) is 23.2 Å². The number of nitrogens with zero attached hydrogens (tertiary/aromatic N) is 2. The Kier molecular flexibility index (Phi) is 5.36. The van der Waals surface area contributed by atoms with Gasteiger partial charge in [-0.3, -0.25) is 0 Å². The number of hydrogen-bond acceptors (Lipinski definition) is 6. The van der Waals surface area contributed by atoms with Crippen LogP contribution < -0.4 is 10.0 Å². The molecule has 1 aliphatic heterocycles. The fourth-order valence-corrected chi connectivity index (χ4v) is 5.83. The van der Waals surface area contributed by atoms with Gasteiger partial charge in [0.25, 0.3) is 10.0 Å². The smallest absolute Gasteiger partial charge is 0.335 e. The zero-order valence-electron chi connectivity index (χ0n) is 18.7. The molecular formula is C25H24N4O4S. The number of fused-ring (bicyclic) bond motifs is 3. The van der Waals surface area contributed by atoms with Gasteiger partial charge in [-0.15, -0.1) is 0 Å². The first kappa shape index (κ1) is 22.1. The van der Waals surface area contributed by atoms with E-state index in [-0.39, 0.29) is 34.3 Å². The molecule has 5 rings (SSSR count). The topological polar surface area (TPSA) is 121 Å². The number of allylic oxidation sites excluding steroid dienone is 2. The van der Waals surface area contributed by atoms with Crippen molar-refractivity contribution in [3.05, 3.63) is 88.8 Å². The summed E-state index contributed by atoms with van der Waals surface area (Å²) < 4.78 is 28.7. The lowest BCUT2D eigenvalue weighted by molar-refractivity contribution is 0.0697. The Morgan fingerprint density at radius 1 is 1.06 bits per heavy atom. The second-order valence-corrected chi connectivity index (χ2v) is 10.4. The Labute approximate surface area is 197 Å². The Bertz CT molecular complexity index is 1400. The number of carbonyl (C=O) groups is 1. The van der Waals surface area contributed by atoms with Crippen molar-refractivity contribution >= 4 is 27.6 Å². The highest BCUT2D eigenvalue weighted by atomic mass is 32.2. The van der Waals surface area contributed by atoms with E-state index in [9.17, 15) is 18.3 Å². The quantitative estimate of drug-likeness (QED) is 0.466. The monoisotopic (exact) mass is 476 g/mol. The molecule has 2 aromatic carbocycles. The molecule has 1 aromatic heterocycles. The molecular weight excluding hydrogens is 452 g/mol. The number of nitrogens with one attached hydrogen (secondary N) is 2. The number of rotatable bonds is 5. The van der Waals surface area contributed by atoms with E-state index < -0.39 is 16.0 Å². The molecule has 3 aromatic rings. The van der Waals surface area contributed by atoms with Crippen LogP contribution in [-0.4, -0.2) is 29.5 Å². The number of aromatic carboxylic acids is 1. The van der Waals surface area contributed by atoms with E-state index in [0.29, 0.717) is 11.4 Å². The first-order valence-corrected chi connectivity index (χ1v) is 12.4. The number of benzene rings is 2. The van der Waals surface area contributed by atoms with Crippen LogP contribution in [0.1, 0.15) is 51.3 Å². The summed E-state index contributed by atoms with van der Waals surface area (Å²) in [6.07, 6.45) is 5.08. The van der Waals surface area contributed by atoms with Crippen LogP contribution in [0, 0.1) is 19.8 Å². The normalized spacial score (nSPS) is 20.8. The molecule has 2 heterocycles. The van der Waals surface area contributed by atoms with Gasteiger partial charge >= 0.3 is 5.97 Å². The third-order valence-corrected chi connectivity index (χ3v) is 7.70. The molecule has 0 saturated carbocycles. The molecule has 3 unspecified atom stereocenters. The third-order valence-electron chi connectivity index (χ3n) is 6.37. The van der Waals surface area contributed by atoms with Crippen molar-refractivity contribution in [3.8, 4) is 0 Å². The summed E-state index contributed by atoms with van der Waals surface area (Å²) in [5.41, 5.74) is 4.39. The maximum atomic E-state index is 13.1. The van der Waals surface area contributed by atoms with Crippen LogP contribution in [0.25, 0.3) is 0 Å². The highest BCUT2D eigenvalue weighted by molar-refractivity contribution is 7.92. The Morgan fingerprint density at radius 3 is 2.44 bits per heavy atom. The third kappa shape index (κ3) is 4.03. The van der Waals surface area contributed by atoms with Crippen LogP contribution in [-0.2, 0) is 10.0 Å². The number of aryl methyl sites for hydroxylation is 2. The summed E-state index contributed by atoms with van der Waals surface area (Å²) in [7, 11) is -3.87. The molecule has 9 heteroatoms. The molecule has 2 aliphatic rings. The fraction of sp³-hybridized carbons (Fsp3) is 0.240. The lowest BCUT2D eigenvalue weighted by Crippen LogP contribution is -2.29. The summed E-state index contributed by atoms with van der Waals surface area (Å²) in [6, 6.07) is 13.7. The zero-order valence-corrected chi connectivity index (χ0v) is 19.5. The molecule has 3 N–H and O–H groups in total. The minimum atomic E-state index is -3.87. The number of anilines is 2. The summed E-state index contributed by atoms with van der Waals surface area (Å²) in [5.74, 6) is -0.663. The molecule has 0 fully saturated rings. The highest BCUT2D eigenvalue weighted by Crippen LogP contribution is 2.50. The minimum absolute atomic E-state index is 0.0143.